The number of nitrogens with one attached hydrogen (secondary N) is 1. The molecule has 0 aliphatic heterocycles. The normalized spacial score (nSPS) is 10.5. The number of hydrogen-bond acceptors (Lipinski definition) is 5. The van der Waals surface area contributed by atoms with E-state index in [4.69, 9.17) is 22.7 Å². The summed E-state index contributed by atoms with van der Waals surface area (Å²) < 4.78 is 6.64. The molecule has 3 aromatic rings. The SMILES string of the molecule is CCOC(=O)c1cnn2c(-c3cccc(NC(N)=S)c3)ccnc12. The van der Waals surface area contributed by atoms with Crippen LogP contribution < -0.4 is 11.1 Å². The molecule has 122 valence electrons. The first-order chi connectivity index (χ1) is 11.6. The number of hydrogen-bond donors (Lipinski definition) is 2. The molecule has 0 saturated carbocycles. The number of anilines is 1. The number of rotatable bonds is 4. The second-order valence-electron chi connectivity index (χ2n) is 4.91. The number of benzene rings is 1. The van der Waals surface area contributed by atoms with Crippen molar-refractivity contribution >= 4 is 34.6 Å². The Morgan fingerprint density at radius 2 is 2.25 bits per heavy atom. The molecule has 2 aromatic heterocycles. The summed E-state index contributed by atoms with van der Waals surface area (Å²) in [6.07, 6.45) is 3.09. The van der Waals surface area contributed by atoms with E-state index in [1.54, 1.807) is 17.6 Å². The molecule has 0 atom stereocenters. The quantitative estimate of drug-likeness (QED) is 0.555. The Kier molecular flexibility index (Phi) is 4.39. The Morgan fingerprint density at radius 1 is 1.42 bits per heavy atom. The molecule has 8 heteroatoms. The zero-order chi connectivity index (χ0) is 17.1. The van der Waals surface area contributed by atoms with Gasteiger partial charge in [-0.2, -0.15) is 5.10 Å². The van der Waals surface area contributed by atoms with Gasteiger partial charge in [0.2, 0.25) is 0 Å². The van der Waals surface area contributed by atoms with E-state index in [0.717, 1.165) is 16.9 Å². The van der Waals surface area contributed by atoms with E-state index < -0.39 is 5.97 Å². The molecule has 2 heterocycles. The summed E-state index contributed by atoms with van der Waals surface area (Å²) in [5.41, 5.74) is 8.71. The van der Waals surface area contributed by atoms with Gasteiger partial charge in [0.15, 0.2) is 10.8 Å². The van der Waals surface area contributed by atoms with E-state index in [-0.39, 0.29) is 5.11 Å². The zero-order valence-corrected chi connectivity index (χ0v) is 13.7. The van der Waals surface area contributed by atoms with Crippen LogP contribution in [-0.2, 0) is 4.74 Å². The van der Waals surface area contributed by atoms with Crippen LogP contribution in [0.15, 0.2) is 42.7 Å². The highest BCUT2D eigenvalue weighted by molar-refractivity contribution is 7.80. The molecular formula is C16H15N5O2S. The predicted octanol–water partition coefficient (Wildman–Crippen LogP) is 2.23. The fourth-order valence-electron chi connectivity index (χ4n) is 2.36. The fraction of sp³-hybridized carbons (Fsp3) is 0.125. The van der Waals surface area contributed by atoms with Crippen molar-refractivity contribution < 1.29 is 9.53 Å². The third-order valence-electron chi connectivity index (χ3n) is 3.32. The largest absolute Gasteiger partial charge is 0.462 e. The maximum absolute atomic E-state index is 12.0. The van der Waals surface area contributed by atoms with Gasteiger partial charge in [0.25, 0.3) is 0 Å². The summed E-state index contributed by atoms with van der Waals surface area (Å²) in [4.78, 5) is 16.2. The van der Waals surface area contributed by atoms with Crippen LogP contribution in [0.4, 0.5) is 5.69 Å². The molecule has 0 aliphatic rings. The zero-order valence-electron chi connectivity index (χ0n) is 12.9. The van der Waals surface area contributed by atoms with Crippen molar-refractivity contribution in [3.63, 3.8) is 0 Å². The monoisotopic (exact) mass is 341 g/mol. The lowest BCUT2D eigenvalue weighted by Crippen LogP contribution is -2.18. The smallest absolute Gasteiger partial charge is 0.343 e. The second-order valence-corrected chi connectivity index (χ2v) is 5.35. The fourth-order valence-corrected chi connectivity index (χ4v) is 2.48. The first-order valence-electron chi connectivity index (χ1n) is 7.27. The van der Waals surface area contributed by atoms with E-state index in [1.807, 2.05) is 30.3 Å². The highest BCUT2D eigenvalue weighted by Crippen LogP contribution is 2.24. The minimum absolute atomic E-state index is 0.190. The van der Waals surface area contributed by atoms with Gasteiger partial charge in [-0.25, -0.2) is 14.3 Å². The summed E-state index contributed by atoms with van der Waals surface area (Å²) in [7, 11) is 0. The van der Waals surface area contributed by atoms with Crippen LogP contribution in [0.5, 0.6) is 0 Å². The number of ether oxygens (including phenoxy) is 1. The average Bonchev–Trinajstić information content (AvgIpc) is 2.98. The molecule has 0 saturated heterocycles. The first-order valence-corrected chi connectivity index (χ1v) is 7.67. The molecular weight excluding hydrogens is 326 g/mol. The van der Waals surface area contributed by atoms with Crippen LogP contribution in [0.2, 0.25) is 0 Å². The molecule has 1 aromatic carbocycles. The van der Waals surface area contributed by atoms with Gasteiger partial charge in [-0.15, -0.1) is 0 Å². The lowest BCUT2D eigenvalue weighted by atomic mass is 10.1. The average molecular weight is 341 g/mol. The van der Waals surface area contributed by atoms with E-state index >= 15 is 0 Å². The summed E-state index contributed by atoms with van der Waals surface area (Å²) in [6, 6.07) is 9.35. The molecule has 3 rings (SSSR count). The Morgan fingerprint density at radius 3 is 3.00 bits per heavy atom. The maximum Gasteiger partial charge on any atom is 0.343 e. The molecule has 7 nitrogen and oxygen atoms in total. The number of carbonyl (C=O) groups excluding carboxylic acids is 1. The van der Waals surface area contributed by atoms with Gasteiger partial charge in [0.05, 0.1) is 18.5 Å². The second kappa shape index (κ2) is 6.63. The van der Waals surface area contributed by atoms with Crippen molar-refractivity contribution in [3.8, 4) is 11.3 Å². The standard InChI is InChI=1S/C16H15N5O2S/c1-2-23-15(22)12-9-19-21-13(6-7-18-14(12)21)10-4-3-5-11(8-10)20-16(17)24/h3-9H,2H2,1H3,(H3,17,20,24). The van der Waals surface area contributed by atoms with Crippen molar-refractivity contribution in [1.82, 2.24) is 14.6 Å². The number of thiocarbonyl (C=S) groups is 1. The van der Waals surface area contributed by atoms with E-state index in [2.05, 4.69) is 15.4 Å². The Hall–Kier alpha value is -3.00. The number of carbonyl (C=O) groups is 1. The summed E-state index contributed by atoms with van der Waals surface area (Å²) in [5.74, 6) is -0.443. The van der Waals surface area contributed by atoms with Crippen LogP contribution >= 0.6 is 12.2 Å². The highest BCUT2D eigenvalue weighted by atomic mass is 32.1. The van der Waals surface area contributed by atoms with Crippen molar-refractivity contribution in [2.45, 2.75) is 6.92 Å². The molecule has 3 N–H and O–H groups in total. The first kappa shape index (κ1) is 15.9. The number of aromatic nitrogens is 3. The van der Waals surface area contributed by atoms with E-state index in [0.29, 0.717) is 17.8 Å². The van der Waals surface area contributed by atoms with Gasteiger partial charge in [0.1, 0.15) is 5.56 Å². The van der Waals surface area contributed by atoms with Crippen LogP contribution in [-0.4, -0.2) is 32.3 Å². The van der Waals surface area contributed by atoms with Crippen LogP contribution in [0.3, 0.4) is 0 Å². The Bertz CT molecular complexity index is 922. The van der Waals surface area contributed by atoms with Gasteiger partial charge in [-0.05, 0) is 37.3 Å². The van der Waals surface area contributed by atoms with Crippen LogP contribution in [0.1, 0.15) is 17.3 Å². The third-order valence-corrected chi connectivity index (χ3v) is 3.42. The van der Waals surface area contributed by atoms with Crippen molar-refractivity contribution in [2.75, 3.05) is 11.9 Å². The molecule has 24 heavy (non-hydrogen) atoms. The van der Waals surface area contributed by atoms with E-state index in [1.165, 1.54) is 6.20 Å². The number of fused-ring (bicyclic) bond motifs is 1. The third kappa shape index (κ3) is 3.04. The molecule has 0 unspecified atom stereocenters. The van der Waals surface area contributed by atoms with Gasteiger partial charge in [0, 0.05) is 17.4 Å². The van der Waals surface area contributed by atoms with E-state index in [9.17, 15) is 4.79 Å². The van der Waals surface area contributed by atoms with Crippen molar-refractivity contribution in [1.29, 1.82) is 0 Å². The molecule has 0 spiro atoms. The number of esters is 1. The van der Waals surface area contributed by atoms with Crippen molar-refractivity contribution in [2.24, 2.45) is 5.73 Å². The Labute approximate surface area is 143 Å². The van der Waals surface area contributed by atoms with Crippen LogP contribution in [0, 0.1) is 0 Å². The van der Waals surface area contributed by atoms with Crippen LogP contribution in [0.25, 0.3) is 16.9 Å². The summed E-state index contributed by atoms with van der Waals surface area (Å²) in [6.45, 7) is 2.05. The number of nitrogens with zero attached hydrogens (tertiary/aromatic N) is 3. The Balaban J connectivity index is 2.08. The minimum Gasteiger partial charge on any atom is -0.462 e. The summed E-state index contributed by atoms with van der Waals surface area (Å²) >= 11 is 4.86. The van der Waals surface area contributed by atoms with Gasteiger partial charge >= 0.3 is 5.97 Å². The molecule has 0 fully saturated rings. The number of nitrogens with two attached hydrogens (primary N) is 1. The topological polar surface area (TPSA) is 94.5 Å². The lowest BCUT2D eigenvalue weighted by Gasteiger charge is -2.08. The van der Waals surface area contributed by atoms with Crippen molar-refractivity contribution in [3.05, 3.63) is 48.3 Å². The lowest BCUT2D eigenvalue weighted by molar-refractivity contribution is 0.0528. The molecule has 0 amide bonds. The van der Waals surface area contributed by atoms with Gasteiger partial charge < -0.3 is 15.8 Å². The highest BCUT2D eigenvalue weighted by Gasteiger charge is 2.17. The molecule has 0 aliphatic carbocycles. The van der Waals surface area contributed by atoms with Gasteiger partial charge in [-0.1, -0.05) is 12.1 Å². The minimum atomic E-state index is -0.443. The summed E-state index contributed by atoms with van der Waals surface area (Å²) in [5, 5.41) is 7.35. The molecule has 0 radical (unpaired) electrons. The predicted molar refractivity (Wildman–Crippen MR) is 94.8 cm³/mol. The van der Waals surface area contributed by atoms with Gasteiger partial charge in [-0.3, -0.25) is 0 Å². The molecule has 0 bridgehead atoms. The maximum atomic E-state index is 12.0.